The third-order valence-corrected chi connectivity index (χ3v) is 3.74. The second kappa shape index (κ2) is 6.77. The number of amides is 1. The molecule has 0 fully saturated rings. The maximum absolute atomic E-state index is 12.6. The zero-order valence-corrected chi connectivity index (χ0v) is 13.5. The van der Waals surface area contributed by atoms with Gasteiger partial charge in [0.1, 0.15) is 23.0 Å². The van der Waals surface area contributed by atoms with E-state index in [2.05, 4.69) is 17.5 Å². The third-order valence-electron chi connectivity index (χ3n) is 3.74. The normalized spacial score (nSPS) is 10.0. The second-order valence-electron chi connectivity index (χ2n) is 5.40. The Morgan fingerprint density at radius 1 is 1.20 bits per heavy atom. The molecule has 1 aromatic carbocycles. The number of nitriles is 2. The lowest BCUT2D eigenvalue weighted by Gasteiger charge is -2.05. The Bertz CT molecular complexity index is 984. The smallest absolute Gasteiger partial charge is 0.260 e. The minimum atomic E-state index is -0.413. The van der Waals surface area contributed by atoms with Crippen molar-refractivity contribution in [1.29, 1.82) is 10.5 Å². The minimum absolute atomic E-state index is 0.187. The Labute approximate surface area is 144 Å². The first kappa shape index (κ1) is 16.1. The van der Waals surface area contributed by atoms with Crippen LogP contribution >= 0.6 is 0 Å². The van der Waals surface area contributed by atoms with Crippen LogP contribution in [0.25, 0.3) is 5.88 Å². The van der Waals surface area contributed by atoms with Gasteiger partial charge in [0.25, 0.3) is 5.91 Å². The summed E-state index contributed by atoms with van der Waals surface area (Å²) < 4.78 is 7.29. The van der Waals surface area contributed by atoms with Gasteiger partial charge >= 0.3 is 0 Å². The number of carbonyl (C=O) groups excluding carboxylic acids is 1. The van der Waals surface area contributed by atoms with Gasteiger partial charge in [0, 0.05) is 18.1 Å². The Balaban J connectivity index is 1.90. The Morgan fingerprint density at radius 2 is 1.88 bits per heavy atom. The van der Waals surface area contributed by atoms with E-state index in [1.165, 1.54) is 0 Å². The van der Waals surface area contributed by atoms with Crippen LogP contribution in [0.1, 0.15) is 27.2 Å². The van der Waals surface area contributed by atoms with E-state index in [4.69, 9.17) is 9.68 Å². The molecule has 25 heavy (non-hydrogen) atoms. The highest BCUT2D eigenvalue weighted by molar-refractivity contribution is 6.07. The van der Waals surface area contributed by atoms with Crippen LogP contribution in [0.4, 0.5) is 5.69 Å². The van der Waals surface area contributed by atoms with Crippen LogP contribution in [-0.4, -0.2) is 10.5 Å². The summed E-state index contributed by atoms with van der Waals surface area (Å²) in [5.74, 6) is 0.280. The molecule has 0 aliphatic heterocycles. The first-order valence-corrected chi connectivity index (χ1v) is 7.58. The van der Waals surface area contributed by atoms with Crippen molar-refractivity contribution >= 4 is 11.6 Å². The summed E-state index contributed by atoms with van der Waals surface area (Å²) in [6, 6.07) is 14.7. The van der Waals surface area contributed by atoms with E-state index in [9.17, 15) is 10.1 Å². The lowest BCUT2D eigenvalue weighted by Crippen LogP contribution is -2.14. The number of hydrogen-bond acceptors (Lipinski definition) is 4. The van der Waals surface area contributed by atoms with Crippen LogP contribution in [-0.2, 0) is 6.42 Å². The number of aromatic nitrogens is 1. The summed E-state index contributed by atoms with van der Waals surface area (Å²) in [5.41, 5.74) is 1.85. The average molecular weight is 330 g/mol. The minimum Gasteiger partial charge on any atom is -0.443 e. The lowest BCUT2D eigenvalue weighted by atomic mass is 10.1. The zero-order valence-electron chi connectivity index (χ0n) is 13.5. The molecule has 0 saturated heterocycles. The van der Waals surface area contributed by atoms with E-state index in [0.717, 1.165) is 5.56 Å². The van der Waals surface area contributed by atoms with Gasteiger partial charge in [-0.3, -0.25) is 9.36 Å². The number of nitrogens with one attached hydrogen (secondary N) is 1. The van der Waals surface area contributed by atoms with Crippen molar-refractivity contribution in [2.24, 2.45) is 0 Å². The molecular weight excluding hydrogens is 316 g/mol. The predicted octanol–water partition coefficient (Wildman–Crippen LogP) is 3.57. The van der Waals surface area contributed by atoms with Crippen molar-refractivity contribution in [3.63, 3.8) is 0 Å². The van der Waals surface area contributed by atoms with E-state index in [-0.39, 0.29) is 11.1 Å². The van der Waals surface area contributed by atoms with Crippen LogP contribution < -0.4 is 5.32 Å². The molecule has 2 aromatic heterocycles. The maximum Gasteiger partial charge on any atom is 0.260 e. The van der Waals surface area contributed by atoms with E-state index in [0.29, 0.717) is 23.8 Å². The summed E-state index contributed by atoms with van der Waals surface area (Å²) in [7, 11) is 0. The number of aryl methyl sites for hydroxylation is 1. The number of nitrogens with zero attached hydrogens (tertiary/aromatic N) is 3. The predicted molar refractivity (Wildman–Crippen MR) is 91.2 cm³/mol. The van der Waals surface area contributed by atoms with Gasteiger partial charge in [-0.25, -0.2) is 0 Å². The first-order valence-electron chi connectivity index (χ1n) is 7.58. The second-order valence-corrected chi connectivity index (χ2v) is 5.40. The van der Waals surface area contributed by atoms with Crippen LogP contribution in [0, 0.1) is 29.6 Å². The highest BCUT2D eigenvalue weighted by Crippen LogP contribution is 2.26. The SMILES string of the molecule is Cc1oc(-n2cccc2)c(C#N)c1C(=O)Nc1ccc(CC#N)cc1. The van der Waals surface area contributed by atoms with E-state index in [1.54, 1.807) is 48.1 Å². The fraction of sp³-hybridized carbons (Fsp3) is 0.105. The summed E-state index contributed by atoms with van der Waals surface area (Å²) in [5, 5.41) is 20.9. The Morgan fingerprint density at radius 3 is 2.48 bits per heavy atom. The van der Waals surface area contributed by atoms with Gasteiger partial charge in [0.15, 0.2) is 0 Å². The van der Waals surface area contributed by atoms with E-state index >= 15 is 0 Å². The lowest BCUT2D eigenvalue weighted by molar-refractivity contribution is 0.102. The molecule has 3 rings (SSSR count). The van der Waals surface area contributed by atoms with E-state index in [1.807, 2.05) is 12.1 Å². The molecule has 2 heterocycles. The van der Waals surface area contributed by atoms with Crippen LogP contribution in [0.15, 0.2) is 53.2 Å². The van der Waals surface area contributed by atoms with Gasteiger partial charge in [0.05, 0.1) is 12.5 Å². The fourth-order valence-electron chi connectivity index (χ4n) is 2.55. The van der Waals surface area contributed by atoms with Crippen molar-refractivity contribution in [2.45, 2.75) is 13.3 Å². The Hall–Kier alpha value is -3.77. The third kappa shape index (κ3) is 3.15. The number of rotatable bonds is 4. The van der Waals surface area contributed by atoms with Crippen LogP contribution in [0.5, 0.6) is 0 Å². The summed E-state index contributed by atoms with van der Waals surface area (Å²) >= 11 is 0. The van der Waals surface area contributed by atoms with Crippen molar-refractivity contribution in [3.05, 3.63) is 71.2 Å². The van der Waals surface area contributed by atoms with Crippen LogP contribution in [0.3, 0.4) is 0 Å². The van der Waals surface area contributed by atoms with Gasteiger partial charge in [-0.15, -0.1) is 0 Å². The molecule has 0 aliphatic carbocycles. The molecule has 1 amide bonds. The molecule has 6 heteroatoms. The molecule has 0 atom stereocenters. The monoisotopic (exact) mass is 330 g/mol. The van der Waals surface area contributed by atoms with Crippen molar-refractivity contribution in [2.75, 3.05) is 5.32 Å². The summed E-state index contributed by atoms with van der Waals surface area (Å²) in [4.78, 5) is 12.6. The molecule has 6 nitrogen and oxygen atoms in total. The molecule has 0 bridgehead atoms. The van der Waals surface area contributed by atoms with Gasteiger partial charge < -0.3 is 9.73 Å². The fourth-order valence-corrected chi connectivity index (χ4v) is 2.55. The highest BCUT2D eigenvalue weighted by Gasteiger charge is 2.24. The number of carbonyl (C=O) groups is 1. The number of hydrogen-bond donors (Lipinski definition) is 1. The van der Waals surface area contributed by atoms with Crippen molar-refractivity contribution in [1.82, 2.24) is 4.57 Å². The van der Waals surface area contributed by atoms with E-state index < -0.39 is 5.91 Å². The topological polar surface area (TPSA) is 94.8 Å². The average Bonchev–Trinajstić information content (AvgIpc) is 3.24. The van der Waals surface area contributed by atoms with Crippen molar-refractivity contribution < 1.29 is 9.21 Å². The quantitative estimate of drug-likeness (QED) is 0.791. The van der Waals surface area contributed by atoms with Crippen LogP contribution in [0.2, 0.25) is 0 Å². The molecule has 0 aliphatic rings. The molecule has 0 radical (unpaired) electrons. The maximum atomic E-state index is 12.6. The summed E-state index contributed by atoms with van der Waals surface area (Å²) in [6.07, 6.45) is 3.80. The number of benzene rings is 1. The molecule has 3 aromatic rings. The van der Waals surface area contributed by atoms with Crippen molar-refractivity contribution in [3.8, 4) is 18.0 Å². The number of anilines is 1. The molecule has 0 saturated carbocycles. The zero-order chi connectivity index (χ0) is 17.8. The molecule has 0 spiro atoms. The van der Waals surface area contributed by atoms with Gasteiger partial charge in [-0.05, 0) is 36.8 Å². The highest BCUT2D eigenvalue weighted by atomic mass is 16.4. The van der Waals surface area contributed by atoms with Gasteiger partial charge in [0.2, 0.25) is 5.88 Å². The largest absolute Gasteiger partial charge is 0.443 e. The Kier molecular flexibility index (Phi) is 4.36. The first-order chi connectivity index (χ1) is 12.1. The molecular formula is C19H14N4O2. The molecule has 0 unspecified atom stereocenters. The molecule has 122 valence electrons. The number of furan rings is 1. The standard InChI is InChI=1S/C19H14N4O2/c1-13-17(16(12-21)19(25-13)23-10-2-3-11-23)18(24)22-15-6-4-14(5-7-15)8-9-20/h2-7,10-11H,8H2,1H3,(H,22,24). The summed E-state index contributed by atoms with van der Waals surface area (Å²) in [6.45, 7) is 1.65. The molecule has 1 N–H and O–H groups in total. The van der Waals surface area contributed by atoms with Gasteiger partial charge in [-0.1, -0.05) is 12.1 Å². The van der Waals surface area contributed by atoms with Gasteiger partial charge in [-0.2, -0.15) is 10.5 Å².